The maximum atomic E-state index is 12.7. The largest absolute Gasteiger partial charge is 0.480 e. The highest BCUT2D eigenvalue weighted by atomic mass is 32.2. The average molecular weight is 344 g/mol. The third-order valence-electron chi connectivity index (χ3n) is 4.21. The molecule has 1 aliphatic rings. The van der Waals surface area contributed by atoms with E-state index in [1.54, 1.807) is 0 Å². The number of carboxylic acids is 1. The monoisotopic (exact) mass is 344 g/mol. The lowest BCUT2D eigenvalue weighted by molar-refractivity contribution is -0.147. The summed E-state index contributed by atoms with van der Waals surface area (Å²) in [6.45, 7) is 3.28. The Morgan fingerprint density at radius 3 is 2.52 bits per heavy atom. The van der Waals surface area contributed by atoms with Crippen LogP contribution >= 0.6 is 0 Å². The van der Waals surface area contributed by atoms with E-state index < -0.39 is 27.4 Å². The summed E-state index contributed by atoms with van der Waals surface area (Å²) >= 11 is 0. The second-order valence-corrected chi connectivity index (χ2v) is 8.04. The molecule has 23 heavy (non-hydrogen) atoms. The summed E-state index contributed by atoms with van der Waals surface area (Å²) < 4.78 is 30.4. The fourth-order valence-electron chi connectivity index (χ4n) is 2.63. The van der Waals surface area contributed by atoms with Crippen LogP contribution in [-0.4, -0.2) is 60.8 Å². The highest BCUT2D eigenvalue weighted by molar-refractivity contribution is 7.88. The van der Waals surface area contributed by atoms with Crippen molar-refractivity contribution in [3.63, 3.8) is 0 Å². The Balaban J connectivity index is 2.42. The third-order valence-corrected chi connectivity index (χ3v) is 5.88. The number of hydrogen-bond donors (Lipinski definition) is 1. The maximum absolute atomic E-state index is 12.7. The zero-order chi connectivity index (χ0) is 17.6. The molecule has 0 bridgehead atoms. The number of nitrogens with zero attached hydrogens (tertiary/aromatic N) is 2. The van der Waals surface area contributed by atoms with Gasteiger partial charge < -0.3 is 14.4 Å². The van der Waals surface area contributed by atoms with Gasteiger partial charge in [-0.2, -0.15) is 0 Å². The van der Waals surface area contributed by atoms with Gasteiger partial charge >= 0.3 is 5.97 Å². The topological polar surface area (TPSA) is 108 Å². The van der Waals surface area contributed by atoms with E-state index in [0.717, 1.165) is 10.4 Å². The van der Waals surface area contributed by atoms with Gasteiger partial charge in [0.2, 0.25) is 5.09 Å². The maximum Gasteiger partial charge on any atom is 0.329 e. The number of carboxylic acid groups (broad SMARTS) is 1. The normalized spacial score (nSPS) is 21.9. The van der Waals surface area contributed by atoms with Crippen LogP contribution in [0.1, 0.15) is 35.9 Å². The van der Waals surface area contributed by atoms with Crippen molar-refractivity contribution in [1.29, 1.82) is 0 Å². The highest BCUT2D eigenvalue weighted by Crippen LogP contribution is 2.32. The number of carbonyl (C=O) groups excluding carboxylic acids is 1. The molecule has 128 valence electrons. The van der Waals surface area contributed by atoms with E-state index in [0.29, 0.717) is 19.4 Å². The van der Waals surface area contributed by atoms with Gasteiger partial charge in [0.15, 0.2) is 0 Å². The number of carbonyl (C=O) groups is 2. The first-order valence-electron chi connectivity index (χ1n) is 7.10. The van der Waals surface area contributed by atoms with Gasteiger partial charge in [-0.25, -0.2) is 17.5 Å². The van der Waals surface area contributed by atoms with E-state index in [1.165, 1.54) is 32.8 Å². The Morgan fingerprint density at radius 2 is 2.00 bits per heavy atom. The number of hydrogen-bond acceptors (Lipinski definition) is 5. The van der Waals surface area contributed by atoms with Crippen LogP contribution in [0, 0.1) is 6.92 Å². The number of aryl methyl sites for hydroxylation is 1. The summed E-state index contributed by atoms with van der Waals surface area (Å²) in [7, 11) is -1.09. The predicted molar refractivity (Wildman–Crippen MR) is 80.6 cm³/mol. The van der Waals surface area contributed by atoms with Crippen LogP contribution in [-0.2, 0) is 14.8 Å². The molecule has 1 N–H and O–H groups in total. The summed E-state index contributed by atoms with van der Waals surface area (Å²) in [5.74, 6) is -1.46. The van der Waals surface area contributed by atoms with Gasteiger partial charge in [-0.1, -0.05) is 0 Å². The molecule has 0 aliphatic carbocycles. The summed E-state index contributed by atoms with van der Waals surface area (Å²) in [6, 6.07) is 1.16. The van der Waals surface area contributed by atoms with Crippen LogP contribution in [0.4, 0.5) is 0 Å². The number of sulfonamides is 1. The zero-order valence-electron chi connectivity index (χ0n) is 13.5. The van der Waals surface area contributed by atoms with E-state index in [9.17, 15) is 23.1 Å². The molecule has 1 fully saturated rings. The molecule has 9 heteroatoms. The third kappa shape index (κ3) is 2.74. The molecule has 1 unspecified atom stereocenters. The number of furan rings is 1. The smallest absolute Gasteiger partial charge is 0.329 e. The van der Waals surface area contributed by atoms with E-state index in [-0.39, 0.29) is 16.4 Å². The zero-order valence-corrected chi connectivity index (χ0v) is 14.3. The van der Waals surface area contributed by atoms with E-state index >= 15 is 0 Å². The Hall–Kier alpha value is -1.87. The minimum atomic E-state index is -3.80. The van der Waals surface area contributed by atoms with Gasteiger partial charge in [-0.3, -0.25) is 4.79 Å². The Morgan fingerprint density at radius 1 is 1.39 bits per heavy atom. The van der Waals surface area contributed by atoms with Gasteiger partial charge in [0.25, 0.3) is 15.9 Å². The highest BCUT2D eigenvalue weighted by Gasteiger charge is 2.46. The lowest BCUT2D eigenvalue weighted by Gasteiger charge is -2.31. The lowest BCUT2D eigenvalue weighted by atomic mass is 9.98. The second kappa shape index (κ2) is 5.64. The molecule has 8 nitrogen and oxygen atoms in total. The molecule has 1 aromatic rings. The van der Waals surface area contributed by atoms with Crippen LogP contribution in [0.2, 0.25) is 0 Å². The van der Waals surface area contributed by atoms with Gasteiger partial charge in [0.05, 0.1) is 5.56 Å². The van der Waals surface area contributed by atoms with E-state index in [4.69, 9.17) is 4.42 Å². The van der Waals surface area contributed by atoms with Crippen LogP contribution in [0.25, 0.3) is 0 Å². The molecule has 2 heterocycles. The van der Waals surface area contributed by atoms with Crippen LogP contribution in [0.3, 0.4) is 0 Å². The number of rotatable bonds is 4. The van der Waals surface area contributed by atoms with Crippen molar-refractivity contribution < 1.29 is 27.5 Å². The SMILES string of the molecule is Cc1oc(S(=O)(=O)N(C)C)cc1C(=O)N1CCCC1(C)C(=O)O. The van der Waals surface area contributed by atoms with Crippen molar-refractivity contribution in [3.8, 4) is 0 Å². The van der Waals surface area contributed by atoms with Crippen molar-refractivity contribution in [2.24, 2.45) is 0 Å². The molecule has 1 atom stereocenters. The molecule has 0 radical (unpaired) electrons. The number of likely N-dealkylation sites (tertiary alicyclic amines) is 1. The Kier molecular flexibility index (Phi) is 4.29. The predicted octanol–water partition coefficient (Wildman–Crippen LogP) is 0.918. The first kappa shape index (κ1) is 17.5. The first-order chi connectivity index (χ1) is 10.5. The van der Waals surface area contributed by atoms with Crippen molar-refractivity contribution in [1.82, 2.24) is 9.21 Å². The van der Waals surface area contributed by atoms with Gasteiger partial charge in [0.1, 0.15) is 11.3 Å². The van der Waals surface area contributed by atoms with Gasteiger partial charge in [-0.15, -0.1) is 0 Å². The molecule has 1 amide bonds. The van der Waals surface area contributed by atoms with Crippen molar-refractivity contribution in [3.05, 3.63) is 17.4 Å². The van der Waals surface area contributed by atoms with E-state index in [1.807, 2.05) is 0 Å². The van der Waals surface area contributed by atoms with Crippen molar-refractivity contribution in [2.75, 3.05) is 20.6 Å². The van der Waals surface area contributed by atoms with Crippen molar-refractivity contribution in [2.45, 2.75) is 37.3 Å². The van der Waals surface area contributed by atoms with Crippen LogP contribution < -0.4 is 0 Å². The van der Waals surface area contributed by atoms with Crippen LogP contribution in [0.15, 0.2) is 15.6 Å². The summed E-state index contributed by atoms with van der Waals surface area (Å²) in [5, 5.41) is 9.06. The Bertz CT molecular complexity index is 751. The summed E-state index contributed by atoms with van der Waals surface area (Å²) in [4.78, 5) is 25.4. The summed E-state index contributed by atoms with van der Waals surface area (Å²) in [5.41, 5.74) is -1.22. The standard InChI is InChI=1S/C14H20N2O6S/c1-9-10(8-11(22-9)23(20,21)15(3)4)12(17)16-7-5-6-14(16,2)13(18)19/h8H,5-7H2,1-4H3,(H,18,19). The minimum absolute atomic E-state index is 0.0693. The molecule has 0 spiro atoms. The molecule has 1 aliphatic heterocycles. The fourth-order valence-corrected chi connectivity index (χ4v) is 3.49. The molecule has 0 aromatic carbocycles. The summed E-state index contributed by atoms with van der Waals surface area (Å²) in [6.07, 6.45) is 0.933. The van der Waals surface area contributed by atoms with Crippen molar-refractivity contribution >= 4 is 21.9 Å². The Labute approximate surface area is 134 Å². The van der Waals surface area contributed by atoms with Gasteiger partial charge in [-0.05, 0) is 26.7 Å². The molecule has 1 saturated heterocycles. The molecule has 0 saturated carbocycles. The molecule has 2 rings (SSSR count). The van der Waals surface area contributed by atoms with Gasteiger partial charge in [0, 0.05) is 26.7 Å². The quantitative estimate of drug-likeness (QED) is 0.870. The minimum Gasteiger partial charge on any atom is -0.480 e. The number of amides is 1. The fraction of sp³-hybridized carbons (Fsp3) is 0.571. The second-order valence-electron chi connectivity index (χ2n) is 5.96. The average Bonchev–Trinajstić information content (AvgIpc) is 3.02. The van der Waals surface area contributed by atoms with Crippen LogP contribution in [0.5, 0.6) is 0 Å². The van der Waals surface area contributed by atoms with E-state index in [2.05, 4.69) is 0 Å². The molecular weight excluding hydrogens is 324 g/mol. The number of aliphatic carboxylic acids is 1. The first-order valence-corrected chi connectivity index (χ1v) is 8.54. The molecule has 1 aromatic heterocycles. The lowest BCUT2D eigenvalue weighted by Crippen LogP contribution is -2.50. The molecular formula is C14H20N2O6S.